The lowest BCUT2D eigenvalue weighted by molar-refractivity contribution is 0.276. The van der Waals surface area contributed by atoms with Crippen LogP contribution in [0.4, 0.5) is 0 Å². The van der Waals surface area contributed by atoms with Gasteiger partial charge in [-0.1, -0.05) is 43.7 Å². The second kappa shape index (κ2) is 4.78. The monoisotopic (exact) mass is 268 g/mol. The third kappa shape index (κ3) is 2.53. The van der Waals surface area contributed by atoms with Crippen LogP contribution in [0.2, 0.25) is 0 Å². The molecule has 1 aromatic carbocycles. The maximum absolute atomic E-state index is 6.34. The fourth-order valence-electron chi connectivity index (χ4n) is 3.45. The van der Waals surface area contributed by atoms with Crippen molar-refractivity contribution in [2.45, 2.75) is 46.2 Å². The number of hydrogen-bond donors (Lipinski definition) is 1. The number of aromatic nitrogens is 1. The van der Waals surface area contributed by atoms with E-state index in [9.17, 15) is 0 Å². The molecule has 0 spiro atoms. The number of nitrogens with zero attached hydrogens (tertiary/aromatic N) is 1. The zero-order valence-electron chi connectivity index (χ0n) is 12.7. The molecule has 106 valence electrons. The third-order valence-corrected chi connectivity index (χ3v) is 4.37. The molecule has 0 radical (unpaired) electrons. The first-order valence-electron chi connectivity index (χ1n) is 7.44. The average molecular weight is 268 g/mol. The Kier molecular flexibility index (Phi) is 3.21. The van der Waals surface area contributed by atoms with Crippen LogP contribution in [0.3, 0.4) is 0 Å². The minimum absolute atomic E-state index is 0.188. The van der Waals surface area contributed by atoms with Gasteiger partial charge in [-0.15, -0.1) is 0 Å². The Balaban J connectivity index is 1.93. The maximum Gasteiger partial charge on any atom is 0.0473 e. The molecule has 20 heavy (non-hydrogen) atoms. The molecule has 0 fully saturated rings. The van der Waals surface area contributed by atoms with Crippen molar-refractivity contribution < 1.29 is 0 Å². The fraction of sp³-hybridized carbons (Fsp3) is 0.444. The van der Waals surface area contributed by atoms with E-state index in [-0.39, 0.29) is 6.04 Å². The number of hydrogen-bond acceptors (Lipinski definition) is 1. The van der Waals surface area contributed by atoms with Gasteiger partial charge in [0.15, 0.2) is 0 Å². The van der Waals surface area contributed by atoms with Crippen molar-refractivity contribution in [3.05, 3.63) is 58.9 Å². The van der Waals surface area contributed by atoms with Crippen LogP contribution >= 0.6 is 0 Å². The zero-order valence-corrected chi connectivity index (χ0v) is 12.7. The molecule has 2 N–H and O–H groups in total. The molecule has 2 nitrogen and oxygen atoms in total. The van der Waals surface area contributed by atoms with Gasteiger partial charge in [0.05, 0.1) is 0 Å². The van der Waals surface area contributed by atoms with E-state index in [1.54, 1.807) is 0 Å². The SMILES string of the molecule is Cc1cccc(Cn2ccc3c2CC(C)(C)CC3N)c1. The Bertz CT molecular complexity index is 622. The fourth-order valence-corrected chi connectivity index (χ4v) is 3.45. The summed E-state index contributed by atoms with van der Waals surface area (Å²) < 4.78 is 2.38. The van der Waals surface area contributed by atoms with E-state index in [1.165, 1.54) is 22.4 Å². The Morgan fingerprint density at radius 2 is 2.10 bits per heavy atom. The van der Waals surface area contributed by atoms with Crippen LogP contribution in [-0.4, -0.2) is 4.57 Å². The number of benzene rings is 1. The van der Waals surface area contributed by atoms with Crippen molar-refractivity contribution in [1.82, 2.24) is 4.57 Å². The van der Waals surface area contributed by atoms with E-state index in [1.807, 2.05) is 0 Å². The van der Waals surface area contributed by atoms with Crippen molar-refractivity contribution in [2.75, 3.05) is 0 Å². The highest BCUT2D eigenvalue weighted by molar-refractivity contribution is 5.32. The summed E-state index contributed by atoms with van der Waals surface area (Å²) >= 11 is 0. The van der Waals surface area contributed by atoms with Crippen LogP contribution in [0.25, 0.3) is 0 Å². The first-order valence-corrected chi connectivity index (χ1v) is 7.44. The lowest BCUT2D eigenvalue weighted by atomic mass is 9.74. The van der Waals surface area contributed by atoms with Crippen LogP contribution in [0.5, 0.6) is 0 Å². The lowest BCUT2D eigenvalue weighted by Crippen LogP contribution is -2.30. The molecular weight excluding hydrogens is 244 g/mol. The summed E-state index contributed by atoms with van der Waals surface area (Å²) in [5.41, 5.74) is 12.1. The first kappa shape index (κ1) is 13.4. The summed E-state index contributed by atoms with van der Waals surface area (Å²) in [6.45, 7) is 7.73. The molecule has 0 bridgehead atoms. The number of rotatable bonds is 2. The molecule has 0 amide bonds. The lowest BCUT2D eigenvalue weighted by Gasteiger charge is -2.34. The minimum atomic E-state index is 0.188. The summed E-state index contributed by atoms with van der Waals surface area (Å²) in [5, 5.41) is 0. The van der Waals surface area contributed by atoms with Crippen molar-refractivity contribution in [1.29, 1.82) is 0 Å². The van der Waals surface area contributed by atoms with Gasteiger partial charge in [-0.05, 0) is 42.4 Å². The predicted molar refractivity (Wildman–Crippen MR) is 83.7 cm³/mol. The van der Waals surface area contributed by atoms with Crippen molar-refractivity contribution in [3.63, 3.8) is 0 Å². The molecule has 2 heteroatoms. The van der Waals surface area contributed by atoms with Gasteiger partial charge in [-0.2, -0.15) is 0 Å². The molecule has 0 aliphatic heterocycles. The van der Waals surface area contributed by atoms with Crippen LogP contribution in [0.1, 0.15) is 48.7 Å². The third-order valence-electron chi connectivity index (χ3n) is 4.37. The van der Waals surface area contributed by atoms with Crippen LogP contribution < -0.4 is 5.73 Å². The Labute approximate surface area is 121 Å². The van der Waals surface area contributed by atoms with Gasteiger partial charge in [0.2, 0.25) is 0 Å². The highest BCUT2D eigenvalue weighted by Gasteiger charge is 2.32. The van der Waals surface area contributed by atoms with E-state index in [4.69, 9.17) is 5.73 Å². The summed E-state index contributed by atoms with van der Waals surface area (Å²) in [4.78, 5) is 0. The molecule has 0 saturated heterocycles. The van der Waals surface area contributed by atoms with Crippen LogP contribution in [0.15, 0.2) is 36.5 Å². The molecule has 2 aromatic rings. The Morgan fingerprint density at radius 3 is 2.85 bits per heavy atom. The van der Waals surface area contributed by atoms with Crippen molar-refractivity contribution >= 4 is 0 Å². The molecular formula is C18H24N2. The number of aryl methyl sites for hydroxylation is 1. The first-order chi connectivity index (χ1) is 9.44. The van der Waals surface area contributed by atoms with E-state index >= 15 is 0 Å². The van der Waals surface area contributed by atoms with E-state index < -0.39 is 0 Å². The van der Waals surface area contributed by atoms with Crippen LogP contribution in [0, 0.1) is 12.3 Å². The normalized spacial score (nSPS) is 20.7. The molecule has 1 aromatic heterocycles. The molecule has 1 heterocycles. The van der Waals surface area contributed by atoms with Gasteiger partial charge in [0.25, 0.3) is 0 Å². The largest absolute Gasteiger partial charge is 0.347 e. The molecule has 1 atom stereocenters. The summed E-state index contributed by atoms with van der Waals surface area (Å²) in [6.07, 6.45) is 4.40. The molecule has 1 aliphatic carbocycles. The predicted octanol–water partition coefficient (Wildman–Crippen LogP) is 3.82. The molecule has 1 unspecified atom stereocenters. The second-order valence-corrected chi connectivity index (χ2v) is 6.99. The minimum Gasteiger partial charge on any atom is -0.347 e. The van der Waals surface area contributed by atoms with Gasteiger partial charge in [-0.3, -0.25) is 0 Å². The smallest absolute Gasteiger partial charge is 0.0473 e. The van der Waals surface area contributed by atoms with Gasteiger partial charge in [0.1, 0.15) is 0 Å². The quantitative estimate of drug-likeness (QED) is 0.882. The highest BCUT2D eigenvalue weighted by Crippen LogP contribution is 2.40. The van der Waals surface area contributed by atoms with E-state index in [0.717, 1.165) is 19.4 Å². The van der Waals surface area contributed by atoms with Gasteiger partial charge >= 0.3 is 0 Å². The van der Waals surface area contributed by atoms with Crippen molar-refractivity contribution in [2.24, 2.45) is 11.1 Å². The average Bonchev–Trinajstić information content (AvgIpc) is 2.71. The highest BCUT2D eigenvalue weighted by atomic mass is 15.0. The van der Waals surface area contributed by atoms with E-state index in [2.05, 4.69) is 61.9 Å². The maximum atomic E-state index is 6.34. The van der Waals surface area contributed by atoms with Crippen molar-refractivity contribution in [3.8, 4) is 0 Å². The summed E-state index contributed by atoms with van der Waals surface area (Å²) in [7, 11) is 0. The topological polar surface area (TPSA) is 30.9 Å². The molecule has 1 aliphatic rings. The zero-order chi connectivity index (χ0) is 14.3. The van der Waals surface area contributed by atoms with Gasteiger partial charge in [-0.25, -0.2) is 0 Å². The number of nitrogens with two attached hydrogens (primary N) is 1. The number of fused-ring (bicyclic) bond motifs is 1. The summed E-state index contributed by atoms with van der Waals surface area (Å²) in [6, 6.07) is 11.1. The van der Waals surface area contributed by atoms with E-state index in [0.29, 0.717) is 5.41 Å². The second-order valence-electron chi connectivity index (χ2n) is 6.99. The molecule has 3 rings (SSSR count). The summed E-state index contributed by atoms with van der Waals surface area (Å²) in [5.74, 6) is 0. The Morgan fingerprint density at radius 1 is 1.30 bits per heavy atom. The van der Waals surface area contributed by atoms with Crippen LogP contribution in [-0.2, 0) is 13.0 Å². The van der Waals surface area contributed by atoms with Gasteiger partial charge < -0.3 is 10.3 Å². The standard InChI is InChI=1S/C18H24N2/c1-13-5-4-6-14(9-13)12-20-8-7-15-16(19)10-18(2,3)11-17(15)20/h4-9,16H,10-12,19H2,1-3H3. The Hall–Kier alpha value is -1.54. The molecule has 0 saturated carbocycles. The van der Waals surface area contributed by atoms with Gasteiger partial charge in [0, 0.05) is 24.5 Å².